The molecule has 0 amide bonds. The van der Waals surface area contributed by atoms with E-state index in [1.54, 1.807) is 25.3 Å². The standard InChI is InChI=1S/C30H25NO4/c1-20-7-6-10-23(31-20)17-27-29(32)26-16-15-25(34-19-21-8-4-3-5-9-21)18-28(26)35-30(27)22-11-13-24(33-2)14-12-22/h3-18,30H,19H2,1-2H3/b27-17+. The molecule has 0 fully saturated rings. The Balaban J connectivity index is 1.51. The fourth-order valence-electron chi connectivity index (χ4n) is 4.05. The Morgan fingerprint density at radius 2 is 1.69 bits per heavy atom. The highest BCUT2D eigenvalue weighted by atomic mass is 16.5. The number of carbonyl (C=O) groups excluding carboxylic acids is 1. The molecule has 1 atom stereocenters. The van der Waals surface area contributed by atoms with Gasteiger partial charge in [-0.2, -0.15) is 0 Å². The molecule has 5 rings (SSSR count). The summed E-state index contributed by atoms with van der Waals surface area (Å²) >= 11 is 0. The minimum atomic E-state index is -0.590. The fourth-order valence-corrected chi connectivity index (χ4v) is 4.05. The highest BCUT2D eigenvalue weighted by Crippen LogP contribution is 2.41. The molecule has 1 aliphatic heterocycles. The van der Waals surface area contributed by atoms with Gasteiger partial charge < -0.3 is 14.2 Å². The van der Waals surface area contributed by atoms with Crippen LogP contribution < -0.4 is 14.2 Å². The largest absolute Gasteiger partial charge is 0.497 e. The van der Waals surface area contributed by atoms with Crippen LogP contribution in [0, 0.1) is 6.92 Å². The van der Waals surface area contributed by atoms with Gasteiger partial charge >= 0.3 is 0 Å². The number of aromatic nitrogens is 1. The van der Waals surface area contributed by atoms with E-state index < -0.39 is 6.10 Å². The summed E-state index contributed by atoms with van der Waals surface area (Å²) in [7, 11) is 1.62. The summed E-state index contributed by atoms with van der Waals surface area (Å²) in [4.78, 5) is 18.2. The highest BCUT2D eigenvalue weighted by molar-refractivity contribution is 6.14. The number of nitrogens with zero attached hydrogens (tertiary/aromatic N) is 1. The second-order valence-corrected chi connectivity index (χ2v) is 8.34. The molecule has 0 N–H and O–H groups in total. The lowest BCUT2D eigenvalue weighted by Crippen LogP contribution is -2.24. The number of ether oxygens (including phenoxy) is 3. The Kier molecular flexibility index (Phi) is 6.31. The zero-order valence-electron chi connectivity index (χ0n) is 19.6. The summed E-state index contributed by atoms with van der Waals surface area (Å²) in [5.41, 5.74) is 4.53. The summed E-state index contributed by atoms with van der Waals surface area (Å²) < 4.78 is 17.7. The van der Waals surface area contributed by atoms with E-state index in [9.17, 15) is 4.79 Å². The van der Waals surface area contributed by atoms with Crippen LogP contribution in [0.5, 0.6) is 17.2 Å². The van der Waals surface area contributed by atoms with Crippen molar-refractivity contribution < 1.29 is 19.0 Å². The lowest BCUT2D eigenvalue weighted by atomic mass is 9.90. The van der Waals surface area contributed by atoms with E-state index in [1.165, 1.54) is 0 Å². The van der Waals surface area contributed by atoms with E-state index in [0.29, 0.717) is 34.9 Å². The monoisotopic (exact) mass is 463 g/mol. The average Bonchev–Trinajstić information content (AvgIpc) is 2.89. The van der Waals surface area contributed by atoms with Crippen molar-refractivity contribution in [3.05, 3.63) is 125 Å². The van der Waals surface area contributed by atoms with Crippen LogP contribution in [0.4, 0.5) is 0 Å². The molecule has 3 aromatic carbocycles. The molecule has 5 heteroatoms. The molecule has 5 nitrogen and oxygen atoms in total. The van der Waals surface area contributed by atoms with Gasteiger partial charge in [-0.15, -0.1) is 0 Å². The maximum atomic E-state index is 13.7. The maximum absolute atomic E-state index is 13.7. The quantitative estimate of drug-likeness (QED) is 0.311. The molecule has 0 radical (unpaired) electrons. The molecule has 0 aliphatic carbocycles. The number of methoxy groups -OCH3 is 1. The van der Waals surface area contributed by atoms with Crippen LogP contribution in [0.25, 0.3) is 6.08 Å². The van der Waals surface area contributed by atoms with E-state index in [4.69, 9.17) is 14.2 Å². The first kappa shape index (κ1) is 22.4. The van der Waals surface area contributed by atoms with Crippen molar-refractivity contribution in [2.45, 2.75) is 19.6 Å². The summed E-state index contributed by atoms with van der Waals surface area (Å²) in [5.74, 6) is 1.78. The van der Waals surface area contributed by atoms with Gasteiger partial charge in [-0.1, -0.05) is 48.5 Å². The van der Waals surface area contributed by atoms with Gasteiger partial charge in [-0.05, 0) is 60.5 Å². The Bertz CT molecular complexity index is 1380. The van der Waals surface area contributed by atoms with Gasteiger partial charge in [0.1, 0.15) is 23.9 Å². The number of Topliss-reactive ketones (excluding diaryl/α,β-unsaturated/α-hetero) is 1. The first-order valence-electron chi connectivity index (χ1n) is 11.4. The summed E-state index contributed by atoms with van der Waals surface area (Å²) in [5, 5.41) is 0. The molecule has 1 aliphatic rings. The van der Waals surface area contributed by atoms with Crippen molar-refractivity contribution in [3.63, 3.8) is 0 Å². The summed E-state index contributed by atoms with van der Waals surface area (Å²) in [6.07, 6.45) is 1.22. The summed E-state index contributed by atoms with van der Waals surface area (Å²) in [6.45, 7) is 2.36. The van der Waals surface area contributed by atoms with Crippen LogP contribution in [-0.2, 0) is 6.61 Å². The van der Waals surface area contributed by atoms with Crippen molar-refractivity contribution in [1.82, 2.24) is 4.98 Å². The first-order valence-corrected chi connectivity index (χ1v) is 11.4. The van der Waals surface area contributed by atoms with Gasteiger partial charge in [-0.25, -0.2) is 0 Å². The Morgan fingerprint density at radius 1 is 0.914 bits per heavy atom. The van der Waals surface area contributed by atoms with Crippen LogP contribution in [-0.4, -0.2) is 17.9 Å². The molecule has 0 bridgehead atoms. The minimum absolute atomic E-state index is 0.0926. The molecule has 35 heavy (non-hydrogen) atoms. The third-order valence-electron chi connectivity index (χ3n) is 5.87. The number of carbonyl (C=O) groups is 1. The molecule has 2 heterocycles. The van der Waals surface area contributed by atoms with Crippen LogP contribution >= 0.6 is 0 Å². The minimum Gasteiger partial charge on any atom is -0.497 e. The predicted octanol–water partition coefficient (Wildman–Crippen LogP) is 6.38. The van der Waals surface area contributed by atoms with Gasteiger partial charge in [0.25, 0.3) is 0 Å². The lowest BCUT2D eigenvalue weighted by molar-refractivity contribution is 0.0963. The van der Waals surface area contributed by atoms with Crippen molar-refractivity contribution in [2.75, 3.05) is 7.11 Å². The Morgan fingerprint density at radius 3 is 2.43 bits per heavy atom. The van der Waals surface area contributed by atoms with Gasteiger partial charge in [0.15, 0.2) is 11.9 Å². The molecular weight excluding hydrogens is 438 g/mol. The normalized spacial score (nSPS) is 15.9. The van der Waals surface area contributed by atoms with E-state index in [-0.39, 0.29) is 5.78 Å². The second-order valence-electron chi connectivity index (χ2n) is 8.34. The van der Waals surface area contributed by atoms with Crippen molar-refractivity contribution >= 4 is 11.9 Å². The topological polar surface area (TPSA) is 57.7 Å². The zero-order valence-corrected chi connectivity index (χ0v) is 19.6. The molecule has 0 saturated heterocycles. The van der Waals surface area contributed by atoms with Crippen molar-refractivity contribution in [3.8, 4) is 17.2 Å². The number of hydrogen-bond acceptors (Lipinski definition) is 5. The lowest BCUT2D eigenvalue weighted by Gasteiger charge is -2.28. The third-order valence-corrected chi connectivity index (χ3v) is 5.87. The van der Waals surface area contributed by atoms with Gasteiger partial charge in [0.2, 0.25) is 0 Å². The molecule has 1 aromatic heterocycles. The molecular formula is C30H25NO4. The molecule has 174 valence electrons. The molecule has 4 aromatic rings. The fraction of sp³-hybridized carbons (Fsp3) is 0.133. The van der Waals surface area contributed by atoms with Gasteiger partial charge in [-0.3, -0.25) is 9.78 Å². The molecule has 1 unspecified atom stereocenters. The van der Waals surface area contributed by atoms with E-state index in [1.807, 2.05) is 85.8 Å². The number of aryl methyl sites for hydroxylation is 1. The van der Waals surface area contributed by atoms with Crippen LogP contribution in [0.1, 0.15) is 39.0 Å². The second kappa shape index (κ2) is 9.85. The number of benzene rings is 3. The van der Waals surface area contributed by atoms with E-state index >= 15 is 0 Å². The number of hydrogen-bond donors (Lipinski definition) is 0. The van der Waals surface area contributed by atoms with Crippen LogP contribution in [0.2, 0.25) is 0 Å². The van der Waals surface area contributed by atoms with E-state index in [2.05, 4.69) is 4.98 Å². The average molecular weight is 464 g/mol. The van der Waals surface area contributed by atoms with Crippen molar-refractivity contribution in [2.24, 2.45) is 0 Å². The highest BCUT2D eigenvalue weighted by Gasteiger charge is 2.33. The molecule has 0 saturated carbocycles. The predicted molar refractivity (Wildman–Crippen MR) is 135 cm³/mol. The van der Waals surface area contributed by atoms with E-state index in [0.717, 1.165) is 22.6 Å². The smallest absolute Gasteiger partial charge is 0.196 e. The van der Waals surface area contributed by atoms with Crippen LogP contribution in [0.3, 0.4) is 0 Å². The van der Waals surface area contributed by atoms with Crippen LogP contribution in [0.15, 0.2) is 96.6 Å². The number of fused-ring (bicyclic) bond motifs is 1. The number of ketones is 1. The SMILES string of the molecule is COc1ccc(C2Oc3cc(OCc4ccccc4)ccc3C(=O)/C2=C\c2cccc(C)n2)cc1. The number of rotatable bonds is 6. The number of pyridine rings is 1. The zero-order chi connectivity index (χ0) is 24.2. The van der Waals surface area contributed by atoms with Crippen molar-refractivity contribution in [1.29, 1.82) is 0 Å². The molecule has 0 spiro atoms. The third kappa shape index (κ3) is 4.94. The Labute approximate surface area is 204 Å². The summed E-state index contributed by atoms with van der Waals surface area (Å²) in [6, 6.07) is 28.6. The van der Waals surface area contributed by atoms with Gasteiger partial charge in [0, 0.05) is 17.3 Å². The Hall–Kier alpha value is -4.38. The maximum Gasteiger partial charge on any atom is 0.196 e. The first-order chi connectivity index (χ1) is 17.1. The van der Waals surface area contributed by atoms with Gasteiger partial charge in [0.05, 0.1) is 18.4 Å².